The molecule has 23 heavy (non-hydrogen) atoms. The van der Waals surface area contributed by atoms with Crippen LogP contribution in [0.1, 0.15) is 29.8 Å². The van der Waals surface area contributed by atoms with Gasteiger partial charge in [-0.15, -0.1) is 0 Å². The number of hydrogen-bond donors (Lipinski definition) is 1. The van der Waals surface area contributed by atoms with Crippen LogP contribution in [0.5, 0.6) is 5.75 Å². The number of aromatic nitrogens is 2. The fourth-order valence-corrected chi connectivity index (χ4v) is 2.67. The smallest absolute Gasteiger partial charge is 0.270 e. The van der Waals surface area contributed by atoms with Gasteiger partial charge in [0.15, 0.2) is 0 Å². The second kappa shape index (κ2) is 6.68. The van der Waals surface area contributed by atoms with Crippen LogP contribution >= 0.6 is 0 Å². The Balaban J connectivity index is 1.67. The highest BCUT2D eigenvalue weighted by Crippen LogP contribution is 2.26. The number of nitrogens with one attached hydrogen (secondary N) is 1. The van der Waals surface area contributed by atoms with Crippen LogP contribution in [0.4, 0.5) is 8.78 Å². The van der Waals surface area contributed by atoms with Crippen molar-refractivity contribution in [1.29, 1.82) is 0 Å². The summed E-state index contributed by atoms with van der Waals surface area (Å²) in [6.45, 7) is 0. The number of carbonyl (C=O) groups excluding carboxylic acids is 1. The molecule has 0 bridgehead atoms. The fraction of sp³-hybridized carbons (Fsp3) is 0.312. The van der Waals surface area contributed by atoms with E-state index in [4.69, 9.17) is 4.74 Å². The molecule has 1 fully saturated rings. The van der Waals surface area contributed by atoms with Crippen molar-refractivity contribution in [3.05, 3.63) is 54.1 Å². The van der Waals surface area contributed by atoms with Crippen molar-refractivity contribution in [3.63, 3.8) is 0 Å². The topological polar surface area (TPSA) is 64.1 Å². The SMILES string of the molecule is O=C(N[C@H]1CCC[C@H]1Oc1cc(F)cc(F)c1)c1ccncn1. The van der Waals surface area contributed by atoms with Gasteiger partial charge in [-0.05, 0) is 25.3 Å². The first-order chi connectivity index (χ1) is 11.1. The van der Waals surface area contributed by atoms with E-state index in [1.807, 2.05) is 0 Å². The Morgan fingerprint density at radius 2 is 2.00 bits per heavy atom. The normalized spacial score (nSPS) is 20.3. The molecule has 0 spiro atoms. The van der Waals surface area contributed by atoms with Crippen LogP contribution < -0.4 is 10.1 Å². The molecule has 5 nitrogen and oxygen atoms in total. The first-order valence-electron chi connectivity index (χ1n) is 7.31. The van der Waals surface area contributed by atoms with Crippen molar-refractivity contribution in [2.24, 2.45) is 0 Å². The van der Waals surface area contributed by atoms with Gasteiger partial charge < -0.3 is 10.1 Å². The molecule has 1 aromatic heterocycles. The molecule has 0 unspecified atom stereocenters. The van der Waals surface area contributed by atoms with Gasteiger partial charge in [-0.3, -0.25) is 4.79 Å². The van der Waals surface area contributed by atoms with Crippen LogP contribution in [0.25, 0.3) is 0 Å². The Morgan fingerprint density at radius 3 is 2.70 bits per heavy atom. The van der Waals surface area contributed by atoms with Gasteiger partial charge in [-0.1, -0.05) is 0 Å². The maximum absolute atomic E-state index is 13.2. The summed E-state index contributed by atoms with van der Waals surface area (Å²) in [5, 5.41) is 2.85. The third-order valence-corrected chi connectivity index (χ3v) is 3.71. The molecule has 1 aliphatic carbocycles. The van der Waals surface area contributed by atoms with Gasteiger partial charge in [0, 0.05) is 24.4 Å². The van der Waals surface area contributed by atoms with Gasteiger partial charge in [0.25, 0.3) is 5.91 Å². The molecule has 2 atom stereocenters. The van der Waals surface area contributed by atoms with E-state index in [2.05, 4.69) is 15.3 Å². The number of halogens is 2. The predicted octanol–water partition coefficient (Wildman–Crippen LogP) is 2.48. The molecule has 0 aliphatic heterocycles. The molecule has 0 radical (unpaired) electrons. The third-order valence-electron chi connectivity index (χ3n) is 3.71. The van der Waals surface area contributed by atoms with Crippen molar-refractivity contribution < 1.29 is 18.3 Å². The Bertz CT molecular complexity index is 677. The van der Waals surface area contributed by atoms with Crippen LogP contribution in [-0.4, -0.2) is 28.0 Å². The predicted molar refractivity (Wildman–Crippen MR) is 77.9 cm³/mol. The van der Waals surface area contributed by atoms with Crippen molar-refractivity contribution in [2.45, 2.75) is 31.4 Å². The number of carbonyl (C=O) groups is 1. The standard InChI is InChI=1S/C16H15F2N3O2/c17-10-6-11(18)8-12(7-10)23-15-3-1-2-13(15)21-16(22)14-4-5-19-9-20-14/h4-9,13,15H,1-3H2,(H,21,22)/t13-,15+/m0/s1. The number of rotatable bonds is 4. The van der Waals surface area contributed by atoms with E-state index in [-0.39, 0.29) is 29.5 Å². The average Bonchev–Trinajstić information content (AvgIpc) is 2.94. The molecule has 1 heterocycles. The maximum atomic E-state index is 13.2. The molecule has 1 amide bonds. The molecule has 120 valence electrons. The van der Waals surface area contributed by atoms with Crippen molar-refractivity contribution >= 4 is 5.91 Å². The van der Waals surface area contributed by atoms with Gasteiger partial charge in [-0.25, -0.2) is 18.7 Å². The summed E-state index contributed by atoms with van der Waals surface area (Å²) < 4.78 is 32.1. The van der Waals surface area contributed by atoms with E-state index in [0.29, 0.717) is 6.42 Å². The Labute approximate surface area is 131 Å². The highest BCUT2D eigenvalue weighted by atomic mass is 19.1. The minimum absolute atomic E-state index is 0.121. The van der Waals surface area contributed by atoms with Gasteiger partial charge in [0.2, 0.25) is 0 Å². The minimum atomic E-state index is -0.695. The van der Waals surface area contributed by atoms with E-state index < -0.39 is 11.6 Å². The molecule has 1 saturated carbocycles. The number of benzene rings is 1. The quantitative estimate of drug-likeness (QED) is 0.940. The minimum Gasteiger partial charge on any atom is -0.488 e. The first-order valence-corrected chi connectivity index (χ1v) is 7.31. The third kappa shape index (κ3) is 3.80. The molecular weight excluding hydrogens is 304 g/mol. The molecule has 2 aromatic rings. The largest absolute Gasteiger partial charge is 0.488 e. The summed E-state index contributed by atoms with van der Waals surface area (Å²) in [7, 11) is 0. The Morgan fingerprint density at radius 1 is 1.22 bits per heavy atom. The van der Waals surface area contributed by atoms with Crippen LogP contribution in [0, 0.1) is 11.6 Å². The monoisotopic (exact) mass is 319 g/mol. The molecule has 1 aliphatic rings. The number of amides is 1. The van der Waals surface area contributed by atoms with Crippen LogP contribution in [-0.2, 0) is 0 Å². The number of nitrogens with zero attached hydrogens (tertiary/aromatic N) is 2. The molecule has 0 saturated heterocycles. The van der Waals surface area contributed by atoms with Gasteiger partial charge in [-0.2, -0.15) is 0 Å². The fourth-order valence-electron chi connectivity index (χ4n) is 2.67. The highest BCUT2D eigenvalue weighted by molar-refractivity contribution is 5.92. The van der Waals surface area contributed by atoms with Gasteiger partial charge in [0.05, 0.1) is 6.04 Å². The molecule has 1 N–H and O–H groups in total. The Hall–Kier alpha value is -2.57. The second-order valence-electron chi connectivity index (χ2n) is 5.37. The average molecular weight is 319 g/mol. The van der Waals surface area contributed by atoms with E-state index in [9.17, 15) is 13.6 Å². The lowest BCUT2D eigenvalue weighted by Gasteiger charge is -2.22. The summed E-state index contributed by atoms with van der Waals surface area (Å²) in [5.41, 5.74) is 0.266. The summed E-state index contributed by atoms with van der Waals surface area (Å²) in [4.78, 5) is 19.8. The summed E-state index contributed by atoms with van der Waals surface area (Å²) >= 11 is 0. The molecule has 1 aromatic carbocycles. The maximum Gasteiger partial charge on any atom is 0.270 e. The lowest BCUT2D eigenvalue weighted by atomic mass is 10.2. The van der Waals surface area contributed by atoms with E-state index in [1.54, 1.807) is 0 Å². The van der Waals surface area contributed by atoms with Crippen molar-refractivity contribution in [3.8, 4) is 5.75 Å². The summed E-state index contributed by atoms with van der Waals surface area (Å²) in [6, 6.07) is 4.33. The summed E-state index contributed by atoms with van der Waals surface area (Å²) in [6.07, 6.45) is 4.75. The lowest BCUT2D eigenvalue weighted by molar-refractivity contribution is 0.0888. The lowest BCUT2D eigenvalue weighted by Crippen LogP contribution is -2.42. The van der Waals surface area contributed by atoms with E-state index in [1.165, 1.54) is 18.6 Å². The van der Waals surface area contributed by atoms with E-state index >= 15 is 0 Å². The zero-order valence-electron chi connectivity index (χ0n) is 12.2. The molecule has 7 heteroatoms. The number of hydrogen-bond acceptors (Lipinski definition) is 4. The first kappa shape index (κ1) is 15.3. The van der Waals surface area contributed by atoms with Crippen LogP contribution in [0.15, 0.2) is 36.8 Å². The second-order valence-corrected chi connectivity index (χ2v) is 5.37. The highest BCUT2D eigenvalue weighted by Gasteiger charge is 2.31. The zero-order valence-corrected chi connectivity index (χ0v) is 12.2. The van der Waals surface area contributed by atoms with Crippen molar-refractivity contribution in [1.82, 2.24) is 15.3 Å². The van der Waals surface area contributed by atoms with Crippen LogP contribution in [0.3, 0.4) is 0 Å². The van der Waals surface area contributed by atoms with Crippen LogP contribution in [0.2, 0.25) is 0 Å². The summed E-state index contributed by atoms with van der Waals surface area (Å²) in [5.74, 6) is -1.59. The Kier molecular flexibility index (Phi) is 4.45. The van der Waals surface area contributed by atoms with Crippen molar-refractivity contribution in [2.75, 3.05) is 0 Å². The van der Waals surface area contributed by atoms with Gasteiger partial charge >= 0.3 is 0 Å². The zero-order chi connectivity index (χ0) is 16.2. The molecular formula is C16H15F2N3O2. The molecule has 3 rings (SSSR count). The number of ether oxygens (including phenoxy) is 1. The van der Waals surface area contributed by atoms with Gasteiger partial charge in [0.1, 0.15) is 35.5 Å². The van der Waals surface area contributed by atoms with E-state index in [0.717, 1.165) is 31.0 Å².